The first kappa shape index (κ1) is 19.5. The van der Waals surface area contributed by atoms with Crippen LogP contribution in [0.1, 0.15) is 18.9 Å². The van der Waals surface area contributed by atoms with E-state index in [0.717, 1.165) is 4.47 Å². The van der Waals surface area contributed by atoms with Crippen LogP contribution in [-0.2, 0) is 0 Å². The van der Waals surface area contributed by atoms with Gasteiger partial charge in [0.15, 0.2) is 11.9 Å². The van der Waals surface area contributed by atoms with Gasteiger partial charge in [-0.05, 0) is 43.3 Å². The second-order valence-electron chi connectivity index (χ2n) is 6.14. The monoisotopic (exact) mass is 473 g/mol. The van der Waals surface area contributed by atoms with E-state index in [1.807, 2.05) is 19.1 Å². The zero-order valence-corrected chi connectivity index (χ0v) is 17.4. The van der Waals surface area contributed by atoms with Gasteiger partial charge in [0.1, 0.15) is 23.7 Å². The maximum absolute atomic E-state index is 13.5. The van der Waals surface area contributed by atoms with Crippen LogP contribution in [0.3, 0.4) is 0 Å². The number of benzene rings is 2. The van der Waals surface area contributed by atoms with E-state index in [1.54, 1.807) is 24.5 Å². The fourth-order valence-electron chi connectivity index (χ4n) is 2.78. The van der Waals surface area contributed by atoms with Crippen molar-refractivity contribution in [2.45, 2.75) is 13.0 Å². The summed E-state index contributed by atoms with van der Waals surface area (Å²) in [5.74, 6) is 1.11. The molecular weight excluding hydrogens is 461 g/mol. The number of halogens is 3. The van der Waals surface area contributed by atoms with E-state index in [-0.39, 0.29) is 5.02 Å². The molecule has 146 valence electrons. The van der Waals surface area contributed by atoms with Crippen LogP contribution in [0.4, 0.5) is 15.9 Å². The fourth-order valence-corrected chi connectivity index (χ4v) is 3.39. The fraction of sp³-hybridized carbons (Fsp3) is 0.100. The summed E-state index contributed by atoms with van der Waals surface area (Å²) in [7, 11) is 0. The molecule has 2 aromatic heterocycles. The number of anilines is 2. The SMILES string of the molecule is C[C@H](Oc1cc(Br)cc2ncnc(Nc3ccc(F)c(Cl)c3)c12)c1ncccn1. The summed E-state index contributed by atoms with van der Waals surface area (Å²) in [5.41, 5.74) is 1.26. The van der Waals surface area contributed by atoms with Crippen LogP contribution in [-0.4, -0.2) is 19.9 Å². The highest BCUT2D eigenvalue weighted by molar-refractivity contribution is 9.10. The van der Waals surface area contributed by atoms with E-state index in [4.69, 9.17) is 16.3 Å². The first-order chi connectivity index (χ1) is 14.0. The van der Waals surface area contributed by atoms with Gasteiger partial charge in [-0.1, -0.05) is 27.5 Å². The summed E-state index contributed by atoms with van der Waals surface area (Å²) in [6, 6.07) is 9.79. The molecule has 4 aromatic rings. The molecule has 29 heavy (non-hydrogen) atoms. The number of nitrogens with zero attached hydrogens (tertiary/aromatic N) is 4. The van der Waals surface area contributed by atoms with Gasteiger partial charge in [-0.3, -0.25) is 0 Å². The molecule has 6 nitrogen and oxygen atoms in total. The Kier molecular flexibility index (Phi) is 5.55. The second-order valence-corrected chi connectivity index (χ2v) is 7.46. The Hall–Kier alpha value is -2.84. The molecule has 0 aliphatic carbocycles. The molecular formula is C20H14BrClFN5O. The van der Waals surface area contributed by atoms with Crippen molar-refractivity contribution < 1.29 is 9.13 Å². The van der Waals surface area contributed by atoms with Gasteiger partial charge in [0.2, 0.25) is 0 Å². The summed E-state index contributed by atoms with van der Waals surface area (Å²) in [5, 5.41) is 3.84. The van der Waals surface area contributed by atoms with Gasteiger partial charge in [0.05, 0.1) is 15.9 Å². The quantitative estimate of drug-likeness (QED) is 0.391. The van der Waals surface area contributed by atoms with E-state index in [1.165, 1.54) is 18.5 Å². The number of hydrogen-bond acceptors (Lipinski definition) is 6. The van der Waals surface area contributed by atoms with Gasteiger partial charge in [-0.15, -0.1) is 0 Å². The average Bonchev–Trinajstić information content (AvgIpc) is 2.71. The van der Waals surface area contributed by atoms with E-state index < -0.39 is 11.9 Å². The zero-order chi connectivity index (χ0) is 20.4. The van der Waals surface area contributed by atoms with Crippen LogP contribution < -0.4 is 10.1 Å². The van der Waals surface area contributed by atoms with Crippen LogP contribution in [0.25, 0.3) is 10.9 Å². The molecule has 2 heterocycles. The first-order valence-electron chi connectivity index (χ1n) is 8.61. The van der Waals surface area contributed by atoms with Gasteiger partial charge < -0.3 is 10.1 Å². The molecule has 2 aromatic carbocycles. The van der Waals surface area contributed by atoms with Crippen LogP contribution in [0.15, 0.2) is 59.6 Å². The summed E-state index contributed by atoms with van der Waals surface area (Å²) in [4.78, 5) is 17.2. The van der Waals surface area contributed by atoms with E-state index in [0.29, 0.717) is 34.0 Å². The smallest absolute Gasteiger partial charge is 0.168 e. The number of ether oxygens (including phenoxy) is 1. The van der Waals surface area contributed by atoms with Gasteiger partial charge in [-0.2, -0.15) is 0 Å². The number of nitrogens with one attached hydrogen (secondary N) is 1. The molecule has 0 fully saturated rings. The molecule has 9 heteroatoms. The second kappa shape index (κ2) is 8.26. The minimum atomic E-state index is -0.491. The lowest BCUT2D eigenvalue weighted by Crippen LogP contribution is -2.08. The standard InChI is InChI=1S/C20H14BrClFN5O/c1-11(19-24-5-2-6-25-19)29-17-8-12(21)7-16-18(17)20(27-10-26-16)28-13-3-4-15(23)14(22)9-13/h2-11H,1H3,(H,26,27,28)/t11-/m0/s1. The lowest BCUT2D eigenvalue weighted by molar-refractivity contribution is 0.219. The molecule has 1 atom stereocenters. The highest BCUT2D eigenvalue weighted by Crippen LogP contribution is 2.36. The summed E-state index contributed by atoms with van der Waals surface area (Å²) in [6.07, 6.45) is 4.36. The van der Waals surface area contributed by atoms with Gasteiger partial charge in [0, 0.05) is 22.6 Å². The highest BCUT2D eigenvalue weighted by atomic mass is 79.9. The average molecular weight is 475 g/mol. The Morgan fingerprint density at radius 1 is 1.10 bits per heavy atom. The minimum absolute atomic E-state index is 0.0161. The Morgan fingerprint density at radius 3 is 2.66 bits per heavy atom. The first-order valence-corrected chi connectivity index (χ1v) is 9.78. The van der Waals surface area contributed by atoms with E-state index >= 15 is 0 Å². The van der Waals surface area contributed by atoms with Crippen LogP contribution in [0.5, 0.6) is 5.75 Å². The molecule has 0 unspecified atom stereocenters. The molecule has 0 saturated carbocycles. The van der Waals surface area contributed by atoms with Crippen molar-refractivity contribution in [1.82, 2.24) is 19.9 Å². The Balaban J connectivity index is 1.76. The lowest BCUT2D eigenvalue weighted by atomic mass is 10.2. The van der Waals surface area contributed by atoms with Crippen molar-refractivity contribution in [2.75, 3.05) is 5.32 Å². The predicted molar refractivity (Wildman–Crippen MR) is 113 cm³/mol. The maximum Gasteiger partial charge on any atom is 0.168 e. The third-order valence-corrected chi connectivity index (χ3v) is 4.85. The number of rotatable bonds is 5. The van der Waals surface area contributed by atoms with Crippen LogP contribution in [0, 0.1) is 5.82 Å². The molecule has 0 aliphatic rings. The molecule has 1 N–H and O–H groups in total. The maximum atomic E-state index is 13.5. The number of fused-ring (bicyclic) bond motifs is 1. The summed E-state index contributed by atoms with van der Waals surface area (Å²) in [6.45, 7) is 1.86. The van der Waals surface area contributed by atoms with Crippen molar-refractivity contribution >= 4 is 49.9 Å². The normalized spacial score (nSPS) is 12.0. The minimum Gasteiger partial charge on any atom is -0.482 e. The Labute approximate surface area is 179 Å². The molecule has 0 radical (unpaired) electrons. The third kappa shape index (κ3) is 4.28. The summed E-state index contributed by atoms with van der Waals surface area (Å²) < 4.78 is 20.4. The molecule has 0 aliphatic heterocycles. The Bertz CT molecular complexity index is 1180. The van der Waals surface area contributed by atoms with Gasteiger partial charge in [0.25, 0.3) is 0 Å². The van der Waals surface area contributed by atoms with Gasteiger partial charge in [-0.25, -0.2) is 24.3 Å². The zero-order valence-electron chi connectivity index (χ0n) is 15.1. The molecule has 0 amide bonds. The third-order valence-electron chi connectivity index (χ3n) is 4.10. The van der Waals surface area contributed by atoms with Crippen LogP contribution in [0.2, 0.25) is 5.02 Å². The van der Waals surface area contributed by atoms with Crippen molar-refractivity contribution in [2.24, 2.45) is 0 Å². The predicted octanol–water partition coefficient (Wildman–Crippen LogP) is 5.86. The van der Waals surface area contributed by atoms with Crippen molar-refractivity contribution in [3.8, 4) is 5.75 Å². The largest absolute Gasteiger partial charge is 0.482 e. The summed E-state index contributed by atoms with van der Waals surface area (Å²) >= 11 is 9.38. The molecule has 0 saturated heterocycles. The topological polar surface area (TPSA) is 72.8 Å². The van der Waals surface area contributed by atoms with Crippen molar-refractivity contribution in [3.63, 3.8) is 0 Å². The number of aromatic nitrogens is 4. The lowest BCUT2D eigenvalue weighted by Gasteiger charge is -2.17. The van der Waals surface area contributed by atoms with Gasteiger partial charge >= 0.3 is 0 Å². The highest BCUT2D eigenvalue weighted by Gasteiger charge is 2.17. The molecule has 0 bridgehead atoms. The van der Waals surface area contributed by atoms with Crippen molar-refractivity contribution in [1.29, 1.82) is 0 Å². The molecule has 0 spiro atoms. The Morgan fingerprint density at radius 2 is 1.90 bits per heavy atom. The van der Waals surface area contributed by atoms with Crippen LogP contribution >= 0.6 is 27.5 Å². The molecule has 4 rings (SSSR count). The number of hydrogen-bond donors (Lipinski definition) is 1. The van der Waals surface area contributed by atoms with E-state index in [9.17, 15) is 4.39 Å². The van der Waals surface area contributed by atoms with Crippen molar-refractivity contribution in [3.05, 3.63) is 76.3 Å². The van der Waals surface area contributed by atoms with E-state index in [2.05, 4.69) is 41.2 Å².